The molecule has 0 rings (SSSR count). The van der Waals surface area contributed by atoms with Crippen molar-refractivity contribution in [1.82, 2.24) is 5.32 Å². The number of methoxy groups -OCH3 is 1. The molecular weight excluding hydrogens is 222 g/mol. The summed E-state index contributed by atoms with van der Waals surface area (Å²) in [5.74, 6) is -0.197. The van der Waals surface area contributed by atoms with Crippen molar-refractivity contribution >= 4 is 5.97 Å². The van der Waals surface area contributed by atoms with Crippen molar-refractivity contribution in [2.45, 2.75) is 45.9 Å². The first-order valence-electron chi connectivity index (χ1n) is 5.99. The summed E-state index contributed by atoms with van der Waals surface area (Å²) in [4.78, 5) is 11.4. The molecule has 0 fully saturated rings. The highest BCUT2D eigenvalue weighted by Gasteiger charge is 2.23. The maximum absolute atomic E-state index is 11.4. The molecule has 2 unspecified atom stereocenters. The van der Waals surface area contributed by atoms with Gasteiger partial charge in [-0.2, -0.15) is 0 Å². The Balaban J connectivity index is 4.00. The van der Waals surface area contributed by atoms with Gasteiger partial charge in [0, 0.05) is 6.54 Å². The average molecular weight is 247 g/mol. The largest absolute Gasteiger partial charge is 0.468 e. The summed E-state index contributed by atoms with van der Waals surface area (Å²) in [5, 5.41) is 12.6. The molecule has 0 radical (unpaired) electrons. The summed E-state index contributed by atoms with van der Waals surface area (Å²) in [6.07, 6.45) is -0.533. The summed E-state index contributed by atoms with van der Waals surface area (Å²) >= 11 is 0. The van der Waals surface area contributed by atoms with E-state index in [0.717, 1.165) is 0 Å². The number of ether oxygens (including phenoxy) is 2. The van der Waals surface area contributed by atoms with Gasteiger partial charge in [-0.05, 0) is 19.8 Å². The second kappa shape index (κ2) is 8.44. The van der Waals surface area contributed by atoms with E-state index in [0.29, 0.717) is 6.54 Å². The Morgan fingerprint density at radius 1 is 1.29 bits per heavy atom. The van der Waals surface area contributed by atoms with E-state index in [-0.39, 0.29) is 24.6 Å². The van der Waals surface area contributed by atoms with Crippen molar-refractivity contribution < 1.29 is 19.4 Å². The molecule has 0 amide bonds. The molecule has 17 heavy (non-hydrogen) atoms. The van der Waals surface area contributed by atoms with E-state index in [9.17, 15) is 9.90 Å². The number of esters is 1. The lowest BCUT2D eigenvalue weighted by atomic mass is 10.0. The molecule has 0 saturated heterocycles. The number of aliphatic hydroxyl groups is 1. The van der Waals surface area contributed by atoms with Gasteiger partial charge in [0.1, 0.15) is 6.04 Å². The standard InChI is InChI=1S/C12H25NO4/c1-8(2)11(12(15)16-5)13-6-10(14)7-17-9(3)4/h8-11,13-14H,6-7H2,1-5H3. The number of rotatable bonds is 8. The molecule has 0 aliphatic carbocycles. The van der Waals surface area contributed by atoms with Gasteiger partial charge in [-0.15, -0.1) is 0 Å². The van der Waals surface area contributed by atoms with Gasteiger partial charge in [-0.3, -0.25) is 4.79 Å². The molecule has 0 spiro atoms. The van der Waals surface area contributed by atoms with Gasteiger partial charge < -0.3 is 19.9 Å². The Labute approximate surface area is 103 Å². The molecule has 0 aromatic heterocycles. The lowest BCUT2D eigenvalue weighted by Gasteiger charge is -2.22. The third-order valence-electron chi connectivity index (χ3n) is 2.32. The van der Waals surface area contributed by atoms with E-state index in [1.807, 2.05) is 27.7 Å². The minimum atomic E-state index is -0.622. The van der Waals surface area contributed by atoms with Gasteiger partial charge in [0.15, 0.2) is 0 Å². The first-order valence-corrected chi connectivity index (χ1v) is 5.99. The van der Waals surface area contributed by atoms with E-state index >= 15 is 0 Å². The Morgan fingerprint density at radius 2 is 1.88 bits per heavy atom. The summed E-state index contributed by atoms with van der Waals surface area (Å²) < 4.78 is 9.97. The summed E-state index contributed by atoms with van der Waals surface area (Å²) in [6.45, 7) is 8.23. The van der Waals surface area contributed by atoms with Crippen molar-refractivity contribution in [1.29, 1.82) is 0 Å². The van der Waals surface area contributed by atoms with Crippen LogP contribution in [0.25, 0.3) is 0 Å². The van der Waals surface area contributed by atoms with E-state index in [1.54, 1.807) is 0 Å². The quantitative estimate of drug-likeness (QED) is 0.613. The van der Waals surface area contributed by atoms with Gasteiger partial charge in [-0.25, -0.2) is 0 Å². The molecule has 0 bridgehead atoms. The zero-order valence-corrected chi connectivity index (χ0v) is 11.4. The highest BCUT2D eigenvalue weighted by molar-refractivity contribution is 5.75. The lowest BCUT2D eigenvalue weighted by Crippen LogP contribution is -2.45. The average Bonchev–Trinajstić information content (AvgIpc) is 2.25. The Bertz CT molecular complexity index is 219. The summed E-state index contributed by atoms with van der Waals surface area (Å²) in [6, 6.07) is -0.395. The van der Waals surface area contributed by atoms with Crippen LogP contribution in [0.3, 0.4) is 0 Å². The number of aliphatic hydroxyl groups excluding tert-OH is 1. The maximum Gasteiger partial charge on any atom is 0.323 e. The molecule has 0 saturated carbocycles. The van der Waals surface area contributed by atoms with E-state index in [2.05, 4.69) is 10.1 Å². The molecule has 102 valence electrons. The number of hydrogen-bond acceptors (Lipinski definition) is 5. The highest BCUT2D eigenvalue weighted by atomic mass is 16.5. The number of carbonyl (C=O) groups is 1. The van der Waals surface area contributed by atoms with Gasteiger partial charge in [0.25, 0.3) is 0 Å². The molecule has 5 nitrogen and oxygen atoms in total. The van der Waals surface area contributed by atoms with Crippen LogP contribution in [0.4, 0.5) is 0 Å². The molecule has 5 heteroatoms. The number of hydrogen-bond donors (Lipinski definition) is 2. The minimum Gasteiger partial charge on any atom is -0.468 e. The molecule has 0 heterocycles. The Kier molecular flexibility index (Phi) is 8.12. The van der Waals surface area contributed by atoms with Crippen molar-refractivity contribution in [3.05, 3.63) is 0 Å². The third-order valence-corrected chi connectivity index (χ3v) is 2.32. The molecule has 0 aliphatic heterocycles. The molecular formula is C12H25NO4. The normalized spacial score (nSPS) is 15.1. The van der Waals surface area contributed by atoms with Gasteiger partial charge in [-0.1, -0.05) is 13.8 Å². The molecule has 0 aromatic rings. The monoisotopic (exact) mass is 247 g/mol. The Morgan fingerprint density at radius 3 is 2.29 bits per heavy atom. The van der Waals surface area contributed by atoms with Crippen molar-refractivity contribution in [3.8, 4) is 0 Å². The molecule has 0 aliphatic rings. The van der Waals surface area contributed by atoms with Crippen LogP contribution in [0, 0.1) is 5.92 Å². The van der Waals surface area contributed by atoms with Crippen LogP contribution in [0.2, 0.25) is 0 Å². The SMILES string of the molecule is COC(=O)C(NCC(O)COC(C)C)C(C)C. The fourth-order valence-corrected chi connectivity index (χ4v) is 1.34. The second-order valence-electron chi connectivity index (χ2n) is 4.69. The highest BCUT2D eigenvalue weighted by Crippen LogP contribution is 2.03. The van der Waals surface area contributed by atoms with Crippen LogP contribution in [0.15, 0.2) is 0 Å². The van der Waals surface area contributed by atoms with E-state index in [4.69, 9.17) is 4.74 Å². The maximum atomic E-state index is 11.4. The van der Waals surface area contributed by atoms with Crippen LogP contribution in [-0.2, 0) is 14.3 Å². The van der Waals surface area contributed by atoms with E-state index in [1.165, 1.54) is 7.11 Å². The second-order valence-corrected chi connectivity index (χ2v) is 4.69. The predicted molar refractivity (Wildman–Crippen MR) is 65.7 cm³/mol. The van der Waals surface area contributed by atoms with E-state index < -0.39 is 12.1 Å². The molecule has 2 N–H and O–H groups in total. The first kappa shape index (κ1) is 16.4. The minimum absolute atomic E-state index is 0.0890. The van der Waals surface area contributed by atoms with Gasteiger partial charge in [0.2, 0.25) is 0 Å². The van der Waals surface area contributed by atoms with Crippen LogP contribution >= 0.6 is 0 Å². The summed E-state index contributed by atoms with van der Waals surface area (Å²) in [5.41, 5.74) is 0. The lowest BCUT2D eigenvalue weighted by molar-refractivity contribution is -0.144. The Hall–Kier alpha value is -0.650. The van der Waals surface area contributed by atoms with Crippen molar-refractivity contribution in [2.24, 2.45) is 5.92 Å². The number of nitrogens with one attached hydrogen (secondary N) is 1. The van der Waals surface area contributed by atoms with Crippen LogP contribution in [0.5, 0.6) is 0 Å². The summed E-state index contributed by atoms with van der Waals surface area (Å²) in [7, 11) is 1.36. The zero-order chi connectivity index (χ0) is 13.4. The number of carbonyl (C=O) groups excluding carboxylic acids is 1. The predicted octanol–water partition coefficient (Wildman–Crippen LogP) is 0.559. The molecule has 2 atom stereocenters. The topological polar surface area (TPSA) is 67.8 Å². The van der Waals surface area contributed by atoms with Gasteiger partial charge in [0.05, 0.1) is 25.9 Å². The fourth-order valence-electron chi connectivity index (χ4n) is 1.34. The van der Waals surface area contributed by atoms with Crippen LogP contribution in [0.1, 0.15) is 27.7 Å². The molecule has 0 aromatic carbocycles. The van der Waals surface area contributed by atoms with Crippen LogP contribution < -0.4 is 5.32 Å². The smallest absolute Gasteiger partial charge is 0.323 e. The first-order chi connectivity index (χ1) is 7.88. The van der Waals surface area contributed by atoms with Crippen molar-refractivity contribution in [2.75, 3.05) is 20.3 Å². The fraction of sp³-hybridized carbons (Fsp3) is 0.917. The van der Waals surface area contributed by atoms with Crippen molar-refractivity contribution in [3.63, 3.8) is 0 Å². The third kappa shape index (κ3) is 7.31. The zero-order valence-electron chi connectivity index (χ0n) is 11.4. The van der Waals surface area contributed by atoms with Crippen LogP contribution in [-0.4, -0.2) is 49.6 Å². The van der Waals surface area contributed by atoms with Gasteiger partial charge >= 0.3 is 5.97 Å².